The van der Waals surface area contributed by atoms with Crippen LogP contribution >= 0.6 is 0 Å². The summed E-state index contributed by atoms with van der Waals surface area (Å²) < 4.78 is 47.3. The van der Waals surface area contributed by atoms with E-state index in [4.69, 9.17) is 4.74 Å². The standard InChI is InChI=1S/C20H19F3N3O2Si/c1-19(22,23)18(27)24-20(2,29)17(12-4-7-15(28-3)8-5-12)26-11-13-10-14(21)6-9-16(13)25-26/h4-11,17H,1-3H3,(H,24,27)/t17-,20+/m1/s1. The number of nitrogens with one attached hydrogen (secondary N) is 1. The van der Waals surface area contributed by atoms with Crippen LogP contribution < -0.4 is 10.1 Å². The van der Waals surface area contributed by atoms with Crippen LogP contribution in [-0.4, -0.2) is 44.1 Å². The molecule has 151 valence electrons. The summed E-state index contributed by atoms with van der Waals surface area (Å²) in [6.45, 7) is 2.08. The molecule has 0 bridgehead atoms. The predicted molar refractivity (Wildman–Crippen MR) is 104 cm³/mol. The van der Waals surface area contributed by atoms with Crippen molar-refractivity contribution in [2.24, 2.45) is 0 Å². The molecular weight excluding hydrogens is 399 g/mol. The average Bonchev–Trinajstić information content (AvgIpc) is 3.03. The molecule has 1 amide bonds. The lowest BCUT2D eigenvalue weighted by Gasteiger charge is -2.36. The lowest BCUT2D eigenvalue weighted by atomic mass is 9.99. The van der Waals surface area contributed by atoms with Crippen LogP contribution in [0.2, 0.25) is 0 Å². The first-order valence-corrected chi connectivity index (χ1v) is 9.25. The molecule has 0 aliphatic carbocycles. The van der Waals surface area contributed by atoms with Crippen molar-refractivity contribution in [2.75, 3.05) is 7.11 Å². The van der Waals surface area contributed by atoms with Crippen molar-refractivity contribution < 1.29 is 22.7 Å². The van der Waals surface area contributed by atoms with Crippen LogP contribution in [0.4, 0.5) is 13.2 Å². The summed E-state index contributed by atoms with van der Waals surface area (Å²) in [5, 5.41) is 5.99. The molecule has 1 aromatic heterocycles. The van der Waals surface area contributed by atoms with Crippen molar-refractivity contribution in [3.8, 4) is 5.75 Å². The molecular formula is C20H19F3N3O2Si. The Morgan fingerprint density at radius 3 is 2.45 bits per heavy atom. The minimum atomic E-state index is -3.56. The van der Waals surface area contributed by atoms with Gasteiger partial charge in [-0.2, -0.15) is 13.9 Å². The molecule has 0 aliphatic rings. The molecule has 0 saturated carbocycles. The number of fused-ring (bicyclic) bond motifs is 1. The molecule has 0 unspecified atom stereocenters. The van der Waals surface area contributed by atoms with Crippen LogP contribution in [0.15, 0.2) is 48.7 Å². The normalized spacial score (nSPS) is 15.0. The fourth-order valence-electron chi connectivity index (χ4n) is 3.10. The van der Waals surface area contributed by atoms with Gasteiger partial charge < -0.3 is 10.1 Å². The maximum Gasteiger partial charge on any atom is 0.321 e. The van der Waals surface area contributed by atoms with Crippen LogP contribution in [0, 0.1) is 5.82 Å². The minimum absolute atomic E-state index is 0.418. The van der Waals surface area contributed by atoms with E-state index < -0.39 is 28.9 Å². The van der Waals surface area contributed by atoms with Gasteiger partial charge in [-0.05, 0) is 42.8 Å². The third-order valence-corrected chi connectivity index (χ3v) is 4.90. The monoisotopic (exact) mass is 418 g/mol. The summed E-state index contributed by atoms with van der Waals surface area (Å²) in [4.78, 5) is 12.0. The van der Waals surface area contributed by atoms with Crippen molar-refractivity contribution in [3.63, 3.8) is 0 Å². The third-order valence-electron chi connectivity index (χ3n) is 4.50. The maximum atomic E-state index is 13.6. The minimum Gasteiger partial charge on any atom is -0.497 e. The number of hydrogen-bond donors (Lipinski definition) is 1. The second-order valence-electron chi connectivity index (χ2n) is 7.03. The molecule has 0 spiro atoms. The van der Waals surface area contributed by atoms with E-state index in [1.54, 1.807) is 37.4 Å². The third kappa shape index (κ3) is 4.45. The summed E-state index contributed by atoms with van der Waals surface area (Å²) in [7, 11) is 4.98. The first-order valence-electron chi connectivity index (χ1n) is 8.75. The average molecular weight is 418 g/mol. The molecule has 3 aromatic rings. The largest absolute Gasteiger partial charge is 0.497 e. The van der Waals surface area contributed by atoms with Gasteiger partial charge in [-0.25, -0.2) is 4.39 Å². The number of amides is 1. The molecule has 3 radical (unpaired) electrons. The lowest BCUT2D eigenvalue weighted by Crippen LogP contribution is -2.56. The van der Waals surface area contributed by atoms with Gasteiger partial charge in [0.05, 0.1) is 28.9 Å². The number of aromatic nitrogens is 2. The van der Waals surface area contributed by atoms with Crippen LogP contribution in [0.5, 0.6) is 5.75 Å². The van der Waals surface area contributed by atoms with Crippen molar-refractivity contribution in [1.82, 2.24) is 15.1 Å². The fourth-order valence-corrected chi connectivity index (χ4v) is 3.51. The Morgan fingerprint density at radius 2 is 1.86 bits per heavy atom. The Labute approximate surface area is 169 Å². The highest BCUT2D eigenvalue weighted by atomic mass is 28.1. The van der Waals surface area contributed by atoms with E-state index in [-0.39, 0.29) is 0 Å². The molecule has 0 aliphatic heterocycles. The molecule has 9 heteroatoms. The first kappa shape index (κ1) is 20.9. The second kappa shape index (κ2) is 7.55. The Balaban J connectivity index is 2.10. The van der Waals surface area contributed by atoms with E-state index in [0.717, 1.165) is 0 Å². The lowest BCUT2D eigenvalue weighted by molar-refractivity contribution is -0.144. The van der Waals surface area contributed by atoms with Crippen molar-refractivity contribution >= 4 is 27.1 Å². The molecule has 1 N–H and O–H groups in total. The predicted octanol–water partition coefficient (Wildman–Crippen LogP) is 3.43. The molecule has 2 aromatic carbocycles. The van der Waals surface area contributed by atoms with Gasteiger partial charge in [0.1, 0.15) is 11.6 Å². The summed E-state index contributed by atoms with van der Waals surface area (Å²) in [6, 6.07) is 10.3. The number of methoxy groups -OCH3 is 1. The fraction of sp³-hybridized carbons (Fsp3) is 0.300. The van der Waals surface area contributed by atoms with Crippen LogP contribution in [-0.2, 0) is 4.79 Å². The van der Waals surface area contributed by atoms with Gasteiger partial charge in [-0.3, -0.25) is 9.48 Å². The number of hydrogen-bond acceptors (Lipinski definition) is 3. The van der Waals surface area contributed by atoms with Gasteiger partial charge in [0.25, 0.3) is 5.91 Å². The molecule has 2 atom stereocenters. The molecule has 29 heavy (non-hydrogen) atoms. The van der Waals surface area contributed by atoms with Crippen LogP contribution in [0.3, 0.4) is 0 Å². The van der Waals surface area contributed by atoms with Gasteiger partial charge in [-0.1, -0.05) is 12.1 Å². The number of benzene rings is 2. The van der Waals surface area contributed by atoms with Gasteiger partial charge >= 0.3 is 5.92 Å². The van der Waals surface area contributed by atoms with E-state index in [1.165, 1.54) is 30.0 Å². The Morgan fingerprint density at radius 1 is 1.21 bits per heavy atom. The van der Waals surface area contributed by atoms with Crippen LogP contribution in [0.1, 0.15) is 25.5 Å². The molecule has 0 saturated heterocycles. The smallest absolute Gasteiger partial charge is 0.321 e. The zero-order valence-corrected chi connectivity index (χ0v) is 17.0. The van der Waals surface area contributed by atoms with Crippen LogP contribution in [0.25, 0.3) is 10.9 Å². The van der Waals surface area contributed by atoms with E-state index in [9.17, 15) is 18.0 Å². The molecule has 5 nitrogen and oxygen atoms in total. The highest BCUT2D eigenvalue weighted by Crippen LogP contribution is 2.31. The number of nitrogens with zero attached hydrogens (tertiary/aromatic N) is 2. The van der Waals surface area contributed by atoms with Crippen molar-refractivity contribution in [3.05, 3.63) is 60.0 Å². The van der Waals surface area contributed by atoms with E-state index >= 15 is 0 Å². The van der Waals surface area contributed by atoms with E-state index in [0.29, 0.717) is 29.1 Å². The number of halogens is 3. The summed E-state index contributed by atoms with van der Waals surface area (Å²) in [5.41, 5.74) is 1.19. The topological polar surface area (TPSA) is 56.1 Å². The van der Waals surface area contributed by atoms with Gasteiger partial charge in [0.15, 0.2) is 0 Å². The Bertz CT molecular complexity index is 1030. The highest BCUT2D eigenvalue weighted by molar-refractivity contribution is 6.17. The number of carbonyl (C=O) groups excluding carboxylic acids is 1. The van der Waals surface area contributed by atoms with Gasteiger partial charge in [0, 0.05) is 23.7 Å². The van der Waals surface area contributed by atoms with Gasteiger partial charge in [-0.15, -0.1) is 0 Å². The zero-order chi connectivity index (χ0) is 21.4. The van der Waals surface area contributed by atoms with E-state index in [2.05, 4.69) is 20.7 Å². The molecule has 1 heterocycles. The maximum absolute atomic E-state index is 13.6. The van der Waals surface area contributed by atoms with Crippen molar-refractivity contribution in [2.45, 2.75) is 31.0 Å². The number of rotatable bonds is 6. The SMILES string of the molecule is COc1ccc([C@@H](n2cc3cc(F)ccc3n2)[C@](C)([Si])NC(=O)C(C)(F)F)cc1. The zero-order valence-electron chi connectivity index (χ0n) is 16.0. The first-order chi connectivity index (χ1) is 13.5. The summed E-state index contributed by atoms with van der Waals surface area (Å²) in [6.07, 6.45) is 1.60. The number of alkyl halides is 2. The molecule has 0 fully saturated rings. The van der Waals surface area contributed by atoms with E-state index in [1.807, 2.05) is 0 Å². The quantitative estimate of drug-likeness (QED) is 0.624. The van der Waals surface area contributed by atoms with Gasteiger partial charge in [0.2, 0.25) is 0 Å². The summed E-state index contributed by atoms with van der Waals surface area (Å²) in [5.74, 6) is -4.80. The molecule has 3 rings (SSSR count). The highest BCUT2D eigenvalue weighted by Gasteiger charge is 2.41. The summed E-state index contributed by atoms with van der Waals surface area (Å²) >= 11 is 0. The second-order valence-corrected chi connectivity index (χ2v) is 8.07. The Hall–Kier alpha value is -2.81. The number of carbonyl (C=O) groups is 1. The van der Waals surface area contributed by atoms with Crippen molar-refractivity contribution in [1.29, 1.82) is 0 Å². The number of ether oxygens (including phenoxy) is 1. The Kier molecular flexibility index (Phi) is 5.44.